The van der Waals surface area contributed by atoms with E-state index in [0.717, 1.165) is 6.04 Å². The molecule has 0 spiro atoms. The molecule has 0 saturated heterocycles. The Bertz CT molecular complexity index is 932. The number of hydrogen-bond donors (Lipinski definition) is 0. The molecule has 3 atom stereocenters. The number of alkyl halides is 1. The molecule has 0 N–H and O–H groups in total. The van der Waals surface area contributed by atoms with Gasteiger partial charge in [0.15, 0.2) is 8.32 Å². The van der Waals surface area contributed by atoms with E-state index in [4.69, 9.17) is 13.6 Å². The normalized spacial score (nSPS) is 16.1. The van der Waals surface area contributed by atoms with Crippen LogP contribution in [0.4, 0.5) is 0 Å². The minimum Gasteiger partial charge on any atom is -0.468 e. The Hall–Kier alpha value is -1.52. The number of halogens is 1. The maximum atomic E-state index is 12.9. The van der Waals surface area contributed by atoms with Crippen molar-refractivity contribution in [2.45, 2.75) is 75.3 Å². The van der Waals surface area contributed by atoms with Crippen LogP contribution in [-0.4, -0.2) is 46.2 Å². The van der Waals surface area contributed by atoms with Gasteiger partial charge >= 0.3 is 5.97 Å². The molecule has 1 unspecified atom stereocenters. The molecule has 0 aromatic heterocycles. The van der Waals surface area contributed by atoms with Gasteiger partial charge in [-0.1, -0.05) is 103 Å². The molecular formula is C28H41BrO4Si2. The van der Waals surface area contributed by atoms with Gasteiger partial charge in [0.25, 0.3) is 8.32 Å². The molecule has 2 aromatic rings. The highest BCUT2D eigenvalue weighted by atomic mass is 79.9. The van der Waals surface area contributed by atoms with Gasteiger partial charge in [-0.25, -0.2) is 0 Å². The molecule has 4 nitrogen and oxygen atoms in total. The van der Waals surface area contributed by atoms with Crippen molar-refractivity contribution < 1.29 is 18.4 Å². The summed E-state index contributed by atoms with van der Waals surface area (Å²) in [6, 6.07) is 21.7. The quantitative estimate of drug-likeness (QED) is 0.141. The summed E-state index contributed by atoms with van der Waals surface area (Å²) >= 11 is 3.68. The molecule has 0 amide bonds. The Balaban J connectivity index is 2.71. The third kappa shape index (κ3) is 6.63. The fourth-order valence-electron chi connectivity index (χ4n) is 4.73. The summed E-state index contributed by atoms with van der Waals surface area (Å²) in [6.07, 6.45) is 0.903. The molecule has 0 heterocycles. The molecule has 0 aliphatic heterocycles. The lowest BCUT2D eigenvalue weighted by Gasteiger charge is -2.48. The van der Waals surface area contributed by atoms with E-state index in [0.29, 0.717) is 0 Å². The lowest BCUT2D eigenvalue weighted by atomic mass is 10.0. The Morgan fingerprint density at radius 3 is 1.80 bits per heavy atom. The van der Waals surface area contributed by atoms with Crippen molar-refractivity contribution in [1.82, 2.24) is 0 Å². The van der Waals surface area contributed by atoms with Crippen molar-refractivity contribution in [3.05, 3.63) is 73.3 Å². The van der Waals surface area contributed by atoms with Crippen LogP contribution < -0.4 is 10.4 Å². The second kappa shape index (κ2) is 11.7. The number of carbonyl (C=O) groups is 1. The zero-order valence-electron chi connectivity index (χ0n) is 22.4. The van der Waals surface area contributed by atoms with Gasteiger partial charge in [0.2, 0.25) is 0 Å². The van der Waals surface area contributed by atoms with Crippen LogP contribution in [0.3, 0.4) is 0 Å². The first-order chi connectivity index (χ1) is 16.2. The maximum Gasteiger partial charge on any atom is 0.325 e. The average molecular weight is 578 g/mol. The van der Waals surface area contributed by atoms with Crippen LogP contribution in [0.1, 0.15) is 34.6 Å². The van der Waals surface area contributed by atoms with Gasteiger partial charge < -0.3 is 13.6 Å². The highest BCUT2D eigenvalue weighted by molar-refractivity contribution is 9.10. The van der Waals surface area contributed by atoms with Crippen LogP contribution in [0.2, 0.25) is 24.2 Å². The summed E-state index contributed by atoms with van der Waals surface area (Å²) in [5, 5.41) is 2.17. The zero-order valence-corrected chi connectivity index (χ0v) is 26.0. The van der Waals surface area contributed by atoms with Gasteiger partial charge in [-0.15, -0.1) is 6.58 Å². The van der Waals surface area contributed by atoms with Gasteiger partial charge in [-0.3, -0.25) is 4.79 Å². The van der Waals surface area contributed by atoms with Crippen LogP contribution >= 0.6 is 15.9 Å². The summed E-state index contributed by atoms with van der Waals surface area (Å²) in [5.41, 5.74) is 0. The molecule has 0 saturated carbocycles. The molecule has 7 heteroatoms. The lowest BCUT2D eigenvalue weighted by Crippen LogP contribution is -2.69. The highest BCUT2D eigenvalue weighted by Gasteiger charge is 2.54. The number of allylic oxidation sites excluding steroid dienone is 1. The largest absolute Gasteiger partial charge is 0.468 e. The first-order valence-electron chi connectivity index (χ1n) is 12.1. The molecule has 0 aliphatic carbocycles. The van der Waals surface area contributed by atoms with Crippen LogP contribution in [0.25, 0.3) is 0 Å². The number of ether oxygens (including phenoxy) is 1. The van der Waals surface area contributed by atoms with Crippen LogP contribution in [0.5, 0.6) is 0 Å². The first-order valence-corrected chi connectivity index (χ1v) is 17.9. The molecule has 0 aliphatic rings. The second-order valence-electron chi connectivity index (χ2n) is 10.8. The Morgan fingerprint density at radius 1 is 0.971 bits per heavy atom. The summed E-state index contributed by atoms with van der Waals surface area (Å²) in [7, 11) is -3.65. The lowest BCUT2D eigenvalue weighted by molar-refractivity contribution is -0.147. The van der Waals surface area contributed by atoms with Gasteiger partial charge in [0, 0.05) is 0 Å². The minimum atomic E-state index is -2.85. The average Bonchev–Trinajstić information content (AvgIpc) is 2.80. The second-order valence-corrected chi connectivity index (χ2v) is 20.9. The summed E-state index contributed by atoms with van der Waals surface area (Å²) < 4.78 is 18.2. The molecule has 35 heavy (non-hydrogen) atoms. The molecule has 2 aromatic carbocycles. The third-order valence-corrected chi connectivity index (χ3v) is 14.5. The predicted octanol–water partition coefficient (Wildman–Crippen LogP) is 6.05. The number of carbonyl (C=O) groups excluding carboxylic acids is 1. The van der Waals surface area contributed by atoms with Crippen molar-refractivity contribution in [2.75, 3.05) is 7.11 Å². The van der Waals surface area contributed by atoms with Crippen molar-refractivity contribution in [3.63, 3.8) is 0 Å². The Morgan fingerprint density at radius 2 is 1.43 bits per heavy atom. The molecule has 0 bridgehead atoms. The van der Waals surface area contributed by atoms with E-state index in [1.807, 2.05) is 32.1 Å². The number of rotatable bonds is 11. The molecule has 192 valence electrons. The summed E-state index contributed by atoms with van der Waals surface area (Å²) in [5.74, 6) is -0.385. The van der Waals surface area contributed by atoms with Crippen LogP contribution in [0.15, 0.2) is 73.3 Å². The van der Waals surface area contributed by atoms with E-state index in [1.54, 1.807) is 0 Å². The topological polar surface area (TPSA) is 44.8 Å². The van der Waals surface area contributed by atoms with Crippen LogP contribution in [-0.2, 0) is 18.4 Å². The SMILES string of the molecule is C=CC[Si](C)(C)O[C@@H]([C@@H](C)O[Si](c1ccccc1)(c1ccccc1)C(C)(C)C)C(C)(Br)C(=O)OC. The van der Waals surface area contributed by atoms with E-state index >= 15 is 0 Å². The fraction of sp³-hybridized carbons (Fsp3) is 0.464. The smallest absolute Gasteiger partial charge is 0.325 e. The Labute approximate surface area is 222 Å². The van der Waals surface area contributed by atoms with Gasteiger partial charge in [0.1, 0.15) is 4.32 Å². The number of esters is 1. The number of benzene rings is 2. The fourth-order valence-corrected chi connectivity index (χ4v) is 12.1. The van der Waals surface area contributed by atoms with E-state index in [1.165, 1.54) is 17.5 Å². The molecule has 0 fully saturated rings. The zero-order chi connectivity index (χ0) is 26.5. The van der Waals surface area contributed by atoms with Gasteiger partial charge in [-0.2, -0.15) is 0 Å². The van der Waals surface area contributed by atoms with Crippen molar-refractivity contribution in [2.24, 2.45) is 0 Å². The number of hydrogen-bond acceptors (Lipinski definition) is 4. The van der Waals surface area contributed by atoms with E-state index in [-0.39, 0.29) is 11.0 Å². The van der Waals surface area contributed by atoms with E-state index < -0.39 is 33.2 Å². The first kappa shape index (κ1) is 29.7. The van der Waals surface area contributed by atoms with E-state index in [2.05, 4.69) is 105 Å². The number of methoxy groups -OCH3 is 1. The van der Waals surface area contributed by atoms with Gasteiger partial charge in [-0.05, 0) is 48.4 Å². The van der Waals surface area contributed by atoms with E-state index in [9.17, 15) is 4.79 Å². The standard InChI is InChI=1S/C28H41BrO4Si2/c1-10-21-34(8,9)33-25(28(6,29)26(30)31-7)22(2)32-35(27(3,4)5,23-17-13-11-14-18-23)24-19-15-12-16-20-24/h10-20,22,25H,1,21H2,2-9H3/t22-,25+,28?/m1/s1. The maximum absolute atomic E-state index is 12.9. The van der Waals surface area contributed by atoms with Gasteiger partial charge in [0.05, 0.1) is 19.3 Å². The molecule has 2 rings (SSSR count). The Kier molecular flexibility index (Phi) is 9.92. The van der Waals surface area contributed by atoms with Crippen LogP contribution in [0, 0.1) is 0 Å². The van der Waals surface area contributed by atoms with Crippen molar-refractivity contribution >= 4 is 48.9 Å². The monoisotopic (exact) mass is 576 g/mol. The molecular weight excluding hydrogens is 536 g/mol. The highest BCUT2D eigenvalue weighted by Crippen LogP contribution is 2.40. The predicted molar refractivity (Wildman–Crippen MR) is 155 cm³/mol. The minimum absolute atomic E-state index is 0.198. The van der Waals surface area contributed by atoms with Crippen molar-refractivity contribution in [1.29, 1.82) is 0 Å². The summed E-state index contributed by atoms with van der Waals surface area (Å²) in [6.45, 7) is 18.7. The molecule has 0 radical (unpaired) electrons. The third-order valence-electron chi connectivity index (χ3n) is 6.41. The summed E-state index contributed by atoms with van der Waals surface area (Å²) in [4.78, 5) is 12.9. The van der Waals surface area contributed by atoms with Crippen molar-refractivity contribution in [3.8, 4) is 0 Å².